The molecule has 0 saturated carbocycles. The molecular weight excluding hydrogens is 359 g/mol. The molecule has 4 aromatic rings. The number of halogens is 3. The van der Waals surface area contributed by atoms with Gasteiger partial charge in [-0.3, -0.25) is 19.9 Å². The lowest BCUT2D eigenvalue weighted by Gasteiger charge is -2.17. The van der Waals surface area contributed by atoms with Gasteiger partial charge in [0.15, 0.2) is 17.5 Å². The maximum atomic E-state index is 13.3. The number of benzene rings is 2. The summed E-state index contributed by atoms with van der Waals surface area (Å²) in [6.45, 7) is -0.294. The summed E-state index contributed by atoms with van der Waals surface area (Å²) in [5.41, 5.74) is 1.67. The number of rotatable bonds is 3. The molecule has 0 spiro atoms. The Balaban J connectivity index is 1.65. The molecule has 0 atom stereocenters. The quantitative estimate of drug-likeness (QED) is 0.251. The molecule has 0 unspecified atom stereocenters. The van der Waals surface area contributed by atoms with Gasteiger partial charge in [0.2, 0.25) is 0 Å². The molecule has 4 rings (SSSR count). The monoisotopic (exact) mass is 371 g/mol. The van der Waals surface area contributed by atoms with Crippen molar-refractivity contribution in [2.75, 3.05) is 0 Å². The van der Waals surface area contributed by atoms with Gasteiger partial charge in [0.1, 0.15) is 0 Å². The molecule has 3 N–H and O–H groups in total. The Labute approximate surface area is 150 Å². The number of nitrogens with zero attached hydrogens (tertiary/aromatic N) is 3. The Morgan fingerprint density at radius 2 is 1.85 bits per heavy atom. The second-order valence-corrected chi connectivity index (χ2v) is 6.00. The lowest BCUT2D eigenvalue weighted by atomic mass is 10.1. The van der Waals surface area contributed by atoms with E-state index in [4.69, 9.17) is 5.84 Å². The number of nitrogens with one attached hydrogen (secondary N) is 1. The van der Waals surface area contributed by atoms with Crippen molar-refractivity contribution in [2.24, 2.45) is 5.84 Å². The van der Waals surface area contributed by atoms with Crippen LogP contribution in [0.2, 0.25) is 0 Å². The predicted molar refractivity (Wildman–Crippen MR) is 91.8 cm³/mol. The van der Waals surface area contributed by atoms with Crippen LogP contribution in [0, 0.1) is 17.5 Å². The molecule has 0 saturated heterocycles. The van der Waals surface area contributed by atoms with Crippen molar-refractivity contribution < 1.29 is 18.0 Å². The number of hydrazine groups is 1. The van der Waals surface area contributed by atoms with Crippen molar-refractivity contribution in [3.63, 3.8) is 0 Å². The van der Waals surface area contributed by atoms with Crippen molar-refractivity contribution in [1.29, 1.82) is 0 Å². The fourth-order valence-corrected chi connectivity index (χ4v) is 2.86. The van der Waals surface area contributed by atoms with E-state index in [9.17, 15) is 18.0 Å². The van der Waals surface area contributed by atoms with Crippen LogP contribution in [0.5, 0.6) is 0 Å². The first-order chi connectivity index (χ1) is 12.9. The van der Waals surface area contributed by atoms with E-state index in [0.717, 1.165) is 28.0 Å². The van der Waals surface area contributed by atoms with Gasteiger partial charge in [-0.1, -0.05) is 0 Å². The number of carbonyl (C=O) groups is 1. The van der Waals surface area contributed by atoms with Crippen LogP contribution in [0.3, 0.4) is 0 Å². The van der Waals surface area contributed by atoms with Crippen LogP contribution >= 0.6 is 0 Å². The summed E-state index contributed by atoms with van der Waals surface area (Å²) in [6, 6.07) is 6.41. The molecule has 0 aliphatic heterocycles. The first-order valence-electron chi connectivity index (χ1n) is 7.86. The van der Waals surface area contributed by atoms with E-state index >= 15 is 0 Å². The Bertz CT molecular complexity index is 1170. The second-order valence-electron chi connectivity index (χ2n) is 6.00. The average Bonchev–Trinajstić information content (AvgIpc) is 3.14. The minimum atomic E-state index is -1.57. The molecule has 27 heavy (non-hydrogen) atoms. The number of hydrogen-bond acceptors (Lipinski definition) is 4. The summed E-state index contributed by atoms with van der Waals surface area (Å²) in [4.78, 5) is 16.9. The topological polar surface area (TPSA) is 87.9 Å². The Morgan fingerprint density at radius 3 is 2.59 bits per heavy atom. The highest BCUT2D eigenvalue weighted by molar-refractivity contribution is 6.06. The van der Waals surface area contributed by atoms with Gasteiger partial charge in [0.05, 0.1) is 23.8 Å². The van der Waals surface area contributed by atoms with Gasteiger partial charge in [-0.15, -0.1) is 0 Å². The maximum Gasteiger partial charge on any atom is 0.268 e. The Kier molecular flexibility index (Phi) is 4.00. The zero-order chi connectivity index (χ0) is 19.1. The third-order valence-corrected chi connectivity index (χ3v) is 4.18. The lowest BCUT2D eigenvalue weighted by Crippen LogP contribution is -2.36. The van der Waals surface area contributed by atoms with Crippen LogP contribution in [-0.4, -0.2) is 26.1 Å². The number of pyridine rings is 1. The Hall–Kier alpha value is -3.46. The molecule has 0 bridgehead atoms. The molecular formula is C18H12F3N5O. The largest absolute Gasteiger partial charge is 0.277 e. The molecule has 136 valence electrons. The third kappa shape index (κ3) is 2.97. The van der Waals surface area contributed by atoms with E-state index in [0.29, 0.717) is 10.9 Å². The number of aromatic amines is 1. The van der Waals surface area contributed by atoms with Crippen LogP contribution in [-0.2, 0) is 6.54 Å². The summed E-state index contributed by atoms with van der Waals surface area (Å²) in [7, 11) is 0. The van der Waals surface area contributed by atoms with Crippen LogP contribution in [0.1, 0.15) is 15.9 Å². The highest BCUT2D eigenvalue weighted by Gasteiger charge is 2.17. The highest BCUT2D eigenvalue weighted by atomic mass is 19.2. The summed E-state index contributed by atoms with van der Waals surface area (Å²) < 4.78 is 39.7. The molecule has 0 fully saturated rings. The van der Waals surface area contributed by atoms with Gasteiger partial charge in [0, 0.05) is 22.5 Å². The van der Waals surface area contributed by atoms with Crippen molar-refractivity contribution in [3.05, 3.63) is 71.3 Å². The number of amides is 1. The molecule has 0 aliphatic rings. The molecule has 2 aromatic carbocycles. The minimum Gasteiger partial charge on any atom is -0.277 e. The number of fused-ring (bicyclic) bond motifs is 3. The number of nitrogens with two attached hydrogens (primary N) is 1. The van der Waals surface area contributed by atoms with Crippen LogP contribution in [0.25, 0.3) is 21.8 Å². The smallest absolute Gasteiger partial charge is 0.268 e. The molecule has 6 nitrogen and oxygen atoms in total. The molecule has 0 radical (unpaired) electrons. The summed E-state index contributed by atoms with van der Waals surface area (Å²) in [5.74, 6) is 0.938. The van der Waals surface area contributed by atoms with E-state index in [-0.39, 0.29) is 17.7 Å². The van der Waals surface area contributed by atoms with E-state index in [1.165, 1.54) is 0 Å². The third-order valence-electron chi connectivity index (χ3n) is 4.18. The normalized spacial score (nSPS) is 11.3. The maximum absolute atomic E-state index is 13.3. The van der Waals surface area contributed by atoms with Crippen molar-refractivity contribution in [1.82, 2.24) is 20.2 Å². The standard InChI is InChI=1S/C18H12F3N5O/c19-13-3-9(4-14(20)16(13)21)8-26(22)18(27)10-1-2-15-12(5-10)17-11(6-23-15)7-24-25-17/h1-7H,8,22H2,(H,24,25). The molecule has 2 aromatic heterocycles. The summed E-state index contributed by atoms with van der Waals surface area (Å²) in [6.07, 6.45) is 3.28. The number of aromatic nitrogens is 3. The molecule has 0 aliphatic carbocycles. The van der Waals surface area contributed by atoms with E-state index in [1.807, 2.05) is 0 Å². The van der Waals surface area contributed by atoms with Gasteiger partial charge >= 0.3 is 0 Å². The van der Waals surface area contributed by atoms with Crippen LogP contribution in [0.4, 0.5) is 13.2 Å². The number of hydrogen-bond donors (Lipinski definition) is 2. The average molecular weight is 371 g/mol. The number of carbonyl (C=O) groups excluding carboxylic acids is 1. The molecule has 2 heterocycles. The fraction of sp³-hybridized carbons (Fsp3) is 0.0556. The number of H-pyrrole nitrogens is 1. The first-order valence-corrected chi connectivity index (χ1v) is 7.86. The lowest BCUT2D eigenvalue weighted by molar-refractivity contribution is 0.0743. The molecule has 9 heteroatoms. The Morgan fingerprint density at radius 1 is 1.11 bits per heavy atom. The molecule has 1 amide bonds. The van der Waals surface area contributed by atoms with Crippen LogP contribution in [0.15, 0.2) is 42.7 Å². The van der Waals surface area contributed by atoms with Crippen molar-refractivity contribution >= 4 is 27.7 Å². The van der Waals surface area contributed by atoms with Gasteiger partial charge in [-0.25, -0.2) is 19.0 Å². The second kappa shape index (κ2) is 6.36. The zero-order valence-electron chi connectivity index (χ0n) is 13.7. The zero-order valence-corrected chi connectivity index (χ0v) is 13.7. The van der Waals surface area contributed by atoms with Crippen LogP contribution < -0.4 is 5.84 Å². The van der Waals surface area contributed by atoms with E-state index in [1.54, 1.807) is 30.6 Å². The highest BCUT2D eigenvalue weighted by Crippen LogP contribution is 2.23. The first kappa shape index (κ1) is 17.0. The summed E-state index contributed by atoms with van der Waals surface area (Å²) in [5, 5.41) is 9.07. The van der Waals surface area contributed by atoms with Gasteiger partial charge in [-0.2, -0.15) is 5.10 Å². The summed E-state index contributed by atoms with van der Waals surface area (Å²) >= 11 is 0. The van der Waals surface area contributed by atoms with E-state index in [2.05, 4.69) is 15.2 Å². The predicted octanol–water partition coefficient (Wildman–Crippen LogP) is 3.04. The SMILES string of the molecule is NN(Cc1cc(F)c(F)c(F)c1)C(=O)c1ccc2ncc3cn[nH]c3c2c1. The van der Waals surface area contributed by atoms with Gasteiger partial charge < -0.3 is 0 Å². The van der Waals surface area contributed by atoms with E-state index < -0.39 is 23.4 Å². The van der Waals surface area contributed by atoms with Gasteiger partial charge in [-0.05, 0) is 35.9 Å². The van der Waals surface area contributed by atoms with Crippen molar-refractivity contribution in [3.8, 4) is 0 Å². The fourth-order valence-electron chi connectivity index (χ4n) is 2.86. The minimum absolute atomic E-state index is 0.0284. The van der Waals surface area contributed by atoms with Gasteiger partial charge in [0.25, 0.3) is 5.91 Å². The van der Waals surface area contributed by atoms with Crippen molar-refractivity contribution in [2.45, 2.75) is 6.54 Å².